The van der Waals surface area contributed by atoms with Crippen molar-refractivity contribution >= 4 is 27.6 Å². The van der Waals surface area contributed by atoms with Gasteiger partial charge in [0.1, 0.15) is 5.82 Å². The molecule has 0 aromatic heterocycles. The monoisotopic (exact) mass is 456 g/mol. The summed E-state index contributed by atoms with van der Waals surface area (Å²) in [6.45, 7) is -0.338. The van der Waals surface area contributed by atoms with Crippen molar-refractivity contribution < 1.29 is 27.1 Å². The molecule has 1 amide bonds. The van der Waals surface area contributed by atoms with E-state index in [1.54, 1.807) is 30.3 Å². The van der Waals surface area contributed by atoms with Crippen molar-refractivity contribution in [3.63, 3.8) is 0 Å². The molecule has 3 rings (SSSR count). The third kappa shape index (κ3) is 5.70. The molecular weight excluding hydrogens is 435 g/mol. The van der Waals surface area contributed by atoms with Gasteiger partial charge in [-0.15, -0.1) is 0 Å². The Hall–Kier alpha value is -3.72. The van der Waals surface area contributed by atoms with Crippen LogP contribution in [0.4, 0.5) is 10.1 Å². The molecular formula is C23H21FN2O5S. The van der Waals surface area contributed by atoms with Gasteiger partial charge in [0.05, 0.1) is 16.1 Å². The lowest BCUT2D eigenvalue weighted by atomic mass is 10.2. The van der Waals surface area contributed by atoms with E-state index in [-0.39, 0.29) is 22.8 Å². The number of ether oxygens (including phenoxy) is 1. The lowest BCUT2D eigenvalue weighted by Crippen LogP contribution is -2.28. The molecule has 3 aromatic rings. The number of halogens is 1. The molecule has 0 bridgehead atoms. The second-order valence-electron chi connectivity index (χ2n) is 6.81. The largest absolute Gasteiger partial charge is 0.452 e. The Morgan fingerprint density at radius 1 is 0.938 bits per heavy atom. The summed E-state index contributed by atoms with van der Waals surface area (Å²) in [6.07, 6.45) is 0. The maximum absolute atomic E-state index is 12.9. The minimum absolute atomic E-state index is 0.0115. The fraction of sp³-hybridized carbons (Fsp3) is 0.130. The first kappa shape index (κ1) is 23.0. The quantitative estimate of drug-likeness (QED) is 0.526. The van der Waals surface area contributed by atoms with Crippen molar-refractivity contribution in [2.45, 2.75) is 11.4 Å². The molecule has 7 nitrogen and oxygen atoms in total. The van der Waals surface area contributed by atoms with Crippen molar-refractivity contribution in [2.24, 2.45) is 0 Å². The molecule has 0 atom stereocenters. The molecule has 0 unspecified atom stereocenters. The predicted molar refractivity (Wildman–Crippen MR) is 117 cm³/mol. The van der Waals surface area contributed by atoms with Gasteiger partial charge in [-0.05, 0) is 54.1 Å². The second-order valence-corrected chi connectivity index (χ2v) is 8.78. The Labute approximate surface area is 185 Å². The Morgan fingerprint density at radius 3 is 2.19 bits per heavy atom. The van der Waals surface area contributed by atoms with Crippen LogP contribution in [-0.4, -0.2) is 33.9 Å². The molecule has 0 saturated heterocycles. The second kappa shape index (κ2) is 10.1. The minimum Gasteiger partial charge on any atom is -0.452 e. The first-order valence-corrected chi connectivity index (χ1v) is 11.0. The van der Waals surface area contributed by atoms with Crippen molar-refractivity contribution in [3.05, 3.63) is 95.8 Å². The van der Waals surface area contributed by atoms with E-state index in [0.29, 0.717) is 11.3 Å². The summed E-state index contributed by atoms with van der Waals surface area (Å²) in [6, 6.07) is 19.5. The summed E-state index contributed by atoms with van der Waals surface area (Å²) >= 11 is 0. The number of rotatable bonds is 8. The Morgan fingerprint density at radius 2 is 1.56 bits per heavy atom. The molecule has 0 saturated carbocycles. The van der Waals surface area contributed by atoms with Crippen LogP contribution in [0.1, 0.15) is 15.9 Å². The van der Waals surface area contributed by atoms with Gasteiger partial charge in [0.2, 0.25) is 0 Å². The van der Waals surface area contributed by atoms with Gasteiger partial charge in [0.15, 0.2) is 6.61 Å². The number of anilines is 1. The first-order chi connectivity index (χ1) is 15.3. The molecule has 0 aliphatic rings. The Kier molecular flexibility index (Phi) is 7.21. The van der Waals surface area contributed by atoms with E-state index in [2.05, 4.69) is 5.32 Å². The first-order valence-electron chi connectivity index (χ1n) is 9.59. The zero-order valence-electron chi connectivity index (χ0n) is 17.2. The average Bonchev–Trinajstić information content (AvgIpc) is 2.82. The van der Waals surface area contributed by atoms with Gasteiger partial charge in [-0.2, -0.15) is 0 Å². The average molecular weight is 456 g/mol. The van der Waals surface area contributed by atoms with Crippen LogP contribution < -0.4 is 9.62 Å². The highest BCUT2D eigenvalue weighted by Gasteiger charge is 2.21. The third-order valence-electron chi connectivity index (χ3n) is 4.61. The Balaban J connectivity index is 1.55. The molecule has 32 heavy (non-hydrogen) atoms. The number of para-hydroxylation sites is 1. The van der Waals surface area contributed by atoms with Crippen LogP contribution in [0.5, 0.6) is 0 Å². The van der Waals surface area contributed by atoms with Gasteiger partial charge in [-0.1, -0.05) is 30.3 Å². The molecule has 0 spiro atoms. The third-order valence-corrected chi connectivity index (χ3v) is 6.41. The molecule has 0 aliphatic carbocycles. The molecule has 0 fully saturated rings. The van der Waals surface area contributed by atoms with Crippen LogP contribution in [0.2, 0.25) is 0 Å². The summed E-state index contributed by atoms with van der Waals surface area (Å²) in [7, 11) is -2.36. The van der Waals surface area contributed by atoms with Crippen molar-refractivity contribution in [1.82, 2.24) is 5.32 Å². The predicted octanol–water partition coefficient (Wildman–Crippen LogP) is 3.12. The number of benzene rings is 3. The fourth-order valence-electron chi connectivity index (χ4n) is 2.77. The van der Waals surface area contributed by atoms with Crippen LogP contribution in [0, 0.1) is 5.82 Å². The van der Waals surface area contributed by atoms with Crippen LogP contribution >= 0.6 is 0 Å². The van der Waals surface area contributed by atoms with E-state index in [0.717, 1.165) is 4.31 Å². The van der Waals surface area contributed by atoms with Crippen LogP contribution in [-0.2, 0) is 26.1 Å². The van der Waals surface area contributed by atoms with E-state index in [4.69, 9.17) is 4.74 Å². The number of hydrogen-bond donors (Lipinski definition) is 1. The highest BCUT2D eigenvalue weighted by Crippen LogP contribution is 2.22. The van der Waals surface area contributed by atoms with E-state index < -0.39 is 28.5 Å². The lowest BCUT2D eigenvalue weighted by Gasteiger charge is -2.19. The number of carbonyl (C=O) groups excluding carboxylic acids is 2. The number of esters is 1. The van der Waals surface area contributed by atoms with Crippen LogP contribution in [0.25, 0.3) is 0 Å². The van der Waals surface area contributed by atoms with Crippen molar-refractivity contribution in [3.8, 4) is 0 Å². The summed E-state index contributed by atoms with van der Waals surface area (Å²) in [4.78, 5) is 24.1. The molecule has 166 valence electrons. The SMILES string of the molecule is CN(c1ccccc1)S(=O)(=O)c1ccc(C(=O)OCC(=O)NCc2ccc(F)cc2)cc1. The van der Waals surface area contributed by atoms with E-state index in [1.165, 1.54) is 55.6 Å². The smallest absolute Gasteiger partial charge is 0.338 e. The van der Waals surface area contributed by atoms with Gasteiger partial charge in [0, 0.05) is 13.6 Å². The van der Waals surface area contributed by atoms with Gasteiger partial charge < -0.3 is 10.1 Å². The zero-order valence-corrected chi connectivity index (χ0v) is 18.0. The maximum atomic E-state index is 12.9. The van der Waals surface area contributed by atoms with Crippen molar-refractivity contribution in [2.75, 3.05) is 18.0 Å². The minimum atomic E-state index is -3.80. The fourth-order valence-corrected chi connectivity index (χ4v) is 3.96. The molecule has 9 heteroatoms. The number of carbonyl (C=O) groups is 2. The molecule has 0 aliphatic heterocycles. The molecule has 0 radical (unpaired) electrons. The summed E-state index contributed by atoms with van der Waals surface area (Å²) in [5, 5.41) is 2.56. The lowest BCUT2D eigenvalue weighted by molar-refractivity contribution is -0.124. The van der Waals surface area contributed by atoms with Crippen LogP contribution in [0.15, 0.2) is 83.8 Å². The Bertz CT molecular complexity index is 1180. The normalized spacial score (nSPS) is 10.9. The maximum Gasteiger partial charge on any atom is 0.338 e. The molecule has 1 N–H and O–H groups in total. The van der Waals surface area contributed by atoms with Gasteiger partial charge in [-0.25, -0.2) is 17.6 Å². The van der Waals surface area contributed by atoms with E-state index in [1.807, 2.05) is 0 Å². The topological polar surface area (TPSA) is 92.8 Å². The summed E-state index contributed by atoms with van der Waals surface area (Å²) < 4.78 is 44.5. The number of amides is 1. The van der Waals surface area contributed by atoms with Gasteiger partial charge in [0.25, 0.3) is 15.9 Å². The molecule has 0 heterocycles. The van der Waals surface area contributed by atoms with Gasteiger partial charge >= 0.3 is 5.97 Å². The number of sulfonamides is 1. The summed E-state index contributed by atoms with van der Waals surface area (Å²) in [5.41, 5.74) is 1.31. The zero-order chi connectivity index (χ0) is 23.1. The highest BCUT2D eigenvalue weighted by molar-refractivity contribution is 7.92. The van der Waals surface area contributed by atoms with Crippen molar-refractivity contribution in [1.29, 1.82) is 0 Å². The van der Waals surface area contributed by atoms with E-state index >= 15 is 0 Å². The number of hydrogen-bond acceptors (Lipinski definition) is 5. The highest BCUT2D eigenvalue weighted by atomic mass is 32.2. The van der Waals surface area contributed by atoms with Crippen LogP contribution in [0.3, 0.4) is 0 Å². The molecule has 3 aromatic carbocycles. The van der Waals surface area contributed by atoms with Gasteiger partial charge in [-0.3, -0.25) is 9.10 Å². The standard InChI is InChI=1S/C23H21FN2O5S/c1-26(20-5-3-2-4-6-20)32(29,30)21-13-9-18(10-14-21)23(28)31-16-22(27)25-15-17-7-11-19(24)12-8-17/h2-14H,15-16H2,1H3,(H,25,27). The number of nitrogens with zero attached hydrogens (tertiary/aromatic N) is 1. The summed E-state index contributed by atoms with van der Waals surface area (Å²) in [5.74, 6) is -1.66. The number of nitrogens with one attached hydrogen (secondary N) is 1. The van der Waals surface area contributed by atoms with E-state index in [9.17, 15) is 22.4 Å².